The Hall–Kier alpha value is -1.83. The average Bonchev–Trinajstić information content (AvgIpc) is 2.67. The molecule has 0 bridgehead atoms. The summed E-state index contributed by atoms with van der Waals surface area (Å²) in [4.78, 5) is 0. The molecular weight excluding hydrogens is 323 g/mol. The maximum Gasteiger partial charge on any atom is 0.131 e. The molecule has 2 aliphatic carbocycles. The summed E-state index contributed by atoms with van der Waals surface area (Å²) >= 11 is 0. The Bertz CT molecular complexity index is 751. The first-order chi connectivity index (χ1) is 12.6. The lowest BCUT2D eigenvalue weighted by molar-refractivity contribution is 0.124. The Morgan fingerprint density at radius 1 is 0.885 bits per heavy atom. The molecule has 0 amide bonds. The van der Waals surface area contributed by atoms with Crippen LogP contribution in [0.3, 0.4) is 0 Å². The number of hydrogen-bond acceptors (Lipinski definition) is 1. The van der Waals surface area contributed by atoms with Crippen LogP contribution in [0.25, 0.3) is 11.1 Å². The van der Waals surface area contributed by atoms with Crippen LogP contribution in [-0.2, 0) is 0 Å². The highest BCUT2D eigenvalue weighted by Gasteiger charge is 2.34. The van der Waals surface area contributed by atoms with Crippen molar-refractivity contribution < 1.29 is 9.13 Å². The Morgan fingerprint density at radius 3 is 2.35 bits per heavy atom. The standard InChI is InChI=1S/C24H29FO/c1-16-3-4-19-14-20(6-5-18(19)13-16)21-9-12-23(24(25)15-21)17-7-10-22(26-2)11-8-17/h7-12,15-16,18-20H,3-6,13-14H2,1-2H3/t16?,18-,19-,20-/m1/s1. The second kappa shape index (κ2) is 7.42. The summed E-state index contributed by atoms with van der Waals surface area (Å²) in [5.41, 5.74) is 2.77. The van der Waals surface area contributed by atoms with Crippen LogP contribution in [0.4, 0.5) is 4.39 Å². The molecule has 2 aromatic rings. The molecule has 0 aromatic heterocycles. The van der Waals surface area contributed by atoms with Crippen LogP contribution in [0.5, 0.6) is 5.75 Å². The molecule has 4 rings (SSSR count). The van der Waals surface area contributed by atoms with E-state index in [2.05, 4.69) is 13.0 Å². The SMILES string of the molecule is COc1ccc(-c2ccc([C@@H]3CC[C@@H]4CC(C)CC[C@@H]4C3)cc2F)cc1. The monoisotopic (exact) mass is 352 g/mol. The van der Waals surface area contributed by atoms with Crippen molar-refractivity contribution in [3.63, 3.8) is 0 Å². The predicted octanol–water partition coefficient (Wildman–Crippen LogP) is 6.82. The number of halogens is 1. The third kappa shape index (κ3) is 3.51. The maximum absolute atomic E-state index is 14.8. The first kappa shape index (κ1) is 17.6. The van der Waals surface area contributed by atoms with E-state index in [9.17, 15) is 4.39 Å². The molecule has 138 valence electrons. The Kier molecular flexibility index (Phi) is 5.02. The van der Waals surface area contributed by atoms with Gasteiger partial charge in [-0.15, -0.1) is 0 Å². The van der Waals surface area contributed by atoms with Crippen molar-refractivity contribution >= 4 is 0 Å². The predicted molar refractivity (Wildman–Crippen MR) is 105 cm³/mol. The largest absolute Gasteiger partial charge is 0.497 e. The molecule has 1 unspecified atom stereocenters. The van der Waals surface area contributed by atoms with E-state index in [-0.39, 0.29) is 5.82 Å². The molecule has 0 aliphatic heterocycles. The average molecular weight is 352 g/mol. The van der Waals surface area contributed by atoms with Crippen molar-refractivity contribution in [1.82, 2.24) is 0 Å². The minimum absolute atomic E-state index is 0.105. The van der Waals surface area contributed by atoms with Crippen LogP contribution >= 0.6 is 0 Å². The van der Waals surface area contributed by atoms with E-state index in [0.717, 1.165) is 29.1 Å². The van der Waals surface area contributed by atoms with E-state index < -0.39 is 0 Å². The van der Waals surface area contributed by atoms with Crippen LogP contribution in [0.2, 0.25) is 0 Å². The smallest absolute Gasteiger partial charge is 0.131 e. The second-order valence-corrected chi connectivity index (χ2v) is 8.42. The molecule has 0 N–H and O–H groups in total. The molecule has 0 spiro atoms. The van der Waals surface area contributed by atoms with Crippen LogP contribution in [0, 0.1) is 23.6 Å². The van der Waals surface area contributed by atoms with E-state index >= 15 is 0 Å². The van der Waals surface area contributed by atoms with Crippen molar-refractivity contribution in [3.05, 3.63) is 53.8 Å². The third-order valence-electron chi connectivity index (χ3n) is 6.74. The molecule has 0 radical (unpaired) electrons. The third-order valence-corrected chi connectivity index (χ3v) is 6.74. The van der Waals surface area contributed by atoms with Crippen LogP contribution in [0.15, 0.2) is 42.5 Å². The van der Waals surface area contributed by atoms with Gasteiger partial charge < -0.3 is 4.74 Å². The van der Waals surface area contributed by atoms with Crippen molar-refractivity contribution in [2.24, 2.45) is 17.8 Å². The van der Waals surface area contributed by atoms with Crippen molar-refractivity contribution in [2.75, 3.05) is 7.11 Å². The van der Waals surface area contributed by atoms with Crippen molar-refractivity contribution in [3.8, 4) is 16.9 Å². The fraction of sp³-hybridized carbons (Fsp3) is 0.500. The lowest BCUT2D eigenvalue weighted by Gasteiger charge is -2.41. The zero-order valence-electron chi connectivity index (χ0n) is 15.9. The van der Waals surface area contributed by atoms with E-state index in [1.54, 1.807) is 13.2 Å². The van der Waals surface area contributed by atoms with Gasteiger partial charge in [-0.05, 0) is 85.1 Å². The van der Waals surface area contributed by atoms with Gasteiger partial charge >= 0.3 is 0 Å². The molecule has 2 saturated carbocycles. The number of benzene rings is 2. The molecule has 2 aliphatic rings. The normalized spacial score (nSPS) is 28.4. The van der Waals surface area contributed by atoms with Crippen LogP contribution < -0.4 is 4.74 Å². The summed E-state index contributed by atoms with van der Waals surface area (Å²) in [5.74, 6) is 3.89. The maximum atomic E-state index is 14.8. The van der Waals surface area contributed by atoms with Crippen molar-refractivity contribution in [1.29, 1.82) is 0 Å². The fourth-order valence-corrected chi connectivity index (χ4v) is 5.22. The van der Waals surface area contributed by atoms with Crippen LogP contribution in [-0.4, -0.2) is 7.11 Å². The fourth-order valence-electron chi connectivity index (χ4n) is 5.22. The van der Waals surface area contributed by atoms with Gasteiger partial charge in [0.2, 0.25) is 0 Å². The quantitative estimate of drug-likeness (QED) is 0.589. The summed E-state index contributed by atoms with van der Waals surface area (Å²) in [6.45, 7) is 2.40. The zero-order chi connectivity index (χ0) is 18.1. The number of methoxy groups -OCH3 is 1. The van der Waals surface area contributed by atoms with Gasteiger partial charge in [0.25, 0.3) is 0 Å². The number of rotatable bonds is 3. The first-order valence-electron chi connectivity index (χ1n) is 10.1. The molecule has 2 heteroatoms. The van der Waals surface area contributed by atoms with Gasteiger partial charge in [0.15, 0.2) is 0 Å². The van der Waals surface area contributed by atoms with E-state index in [4.69, 9.17) is 4.74 Å². The first-order valence-corrected chi connectivity index (χ1v) is 10.1. The zero-order valence-corrected chi connectivity index (χ0v) is 15.9. The molecule has 1 nitrogen and oxygen atoms in total. The summed E-state index contributed by atoms with van der Waals surface area (Å²) < 4.78 is 20.0. The summed E-state index contributed by atoms with van der Waals surface area (Å²) in [7, 11) is 1.64. The molecule has 0 saturated heterocycles. The molecule has 2 fully saturated rings. The summed E-state index contributed by atoms with van der Waals surface area (Å²) in [6, 6.07) is 13.5. The van der Waals surface area contributed by atoms with Gasteiger partial charge in [-0.3, -0.25) is 0 Å². The minimum Gasteiger partial charge on any atom is -0.497 e. The minimum atomic E-state index is -0.105. The summed E-state index contributed by atoms with van der Waals surface area (Å²) in [5, 5.41) is 0. The lowest BCUT2D eigenvalue weighted by Crippen LogP contribution is -2.29. The van der Waals surface area contributed by atoms with E-state index in [0.29, 0.717) is 11.5 Å². The van der Waals surface area contributed by atoms with E-state index in [1.165, 1.54) is 44.1 Å². The molecule has 0 heterocycles. The Morgan fingerprint density at radius 2 is 1.62 bits per heavy atom. The van der Waals surface area contributed by atoms with Gasteiger partial charge in [-0.25, -0.2) is 4.39 Å². The number of fused-ring (bicyclic) bond motifs is 1. The van der Waals surface area contributed by atoms with Gasteiger partial charge in [0, 0.05) is 5.56 Å². The van der Waals surface area contributed by atoms with Gasteiger partial charge in [0.1, 0.15) is 11.6 Å². The highest BCUT2D eigenvalue weighted by molar-refractivity contribution is 5.65. The molecular formula is C24H29FO. The van der Waals surface area contributed by atoms with Gasteiger partial charge in [-0.1, -0.05) is 37.6 Å². The second-order valence-electron chi connectivity index (χ2n) is 8.42. The highest BCUT2D eigenvalue weighted by atomic mass is 19.1. The molecule has 26 heavy (non-hydrogen) atoms. The van der Waals surface area contributed by atoms with Gasteiger partial charge in [-0.2, -0.15) is 0 Å². The van der Waals surface area contributed by atoms with E-state index in [1.807, 2.05) is 30.3 Å². The number of hydrogen-bond donors (Lipinski definition) is 0. The summed E-state index contributed by atoms with van der Waals surface area (Å²) in [6.07, 6.45) is 7.94. The lowest BCUT2D eigenvalue weighted by atomic mass is 9.64. The molecule has 4 atom stereocenters. The Labute approximate surface area is 156 Å². The van der Waals surface area contributed by atoms with Crippen molar-refractivity contribution in [2.45, 2.75) is 51.4 Å². The Balaban J connectivity index is 1.50. The van der Waals surface area contributed by atoms with Crippen LogP contribution in [0.1, 0.15) is 56.9 Å². The highest BCUT2D eigenvalue weighted by Crippen LogP contribution is 2.47. The number of ether oxygens (including phenoxy) is 1. The van der Waals surface area contributed by atoms with Gasteiger partial charge in [0.05, 0.1) is 7.11 Å². The molecule has 2 aromatic carbocycles. The topological polar surface area (TPSA) is 9.23 Å².